The highest BCUT2D eigenvalue weighted by molar-refractivity contribution is 9.11. The lowest BCUT2D eigenvalue weighted by molar-refractivity contribution is -0.193. The molecule has 55 heteroatoms. The first kappa shape index (κ1) is 138. The van der Waals surface area contributed by atoms with Crippen LogP contribution >= 0.6 is 95.6 Å². The van der Waals surface area contributed by atoms with Gasteiger partial charge in [0.25, 0.3) is 0 Å². The normalized spacial score (nSPS) is 12.7. The lowest BCUT2D eigenvalue weighted by Crippen LogP contribution is -2.49. The van der Waals surface area contributed by atoms with E-state index in [4.69, 9.17) is 107 Å². The van der Waals surface area contributed by atoms with Gasteiger partial charge in [-0.1, -0.05) is 95.6 Å². The number of hydrogen-bond donors (Lipinski definition) is 9. The summed E-state index contributed by atoms with van der Waals surface area (Å²) in [5.74, 6) is -13.9. The number of amides is 4. The minimum absolute atomic E-state index is 0.151. The summed E-state index contributed by atoms with van der Waals surface area (Å²) in [6.45, 7) is 31.1. The summed E-state index contributed by atoms with van der Waals surface area (Å²) in [4.78, 5) is 178. The number of rotatable bonds is 54. The number of esters is 6. The van der Waals surface area contributed by atoms with Gasteiger partial charge >= 0.3 is 90.4 Å². The molecule has 0 aromatic heterocycles. The van der Waals surface area contributed by atoms with Crippen molar-refractivity contribution in [1.29, 1.82) is 0 Å². The zero-order valence-corrected chi connectivity index (χ0v) is 88.5. The average molecular weight is 2360 g/mol. The van der Waals surface area contributed by atoms with Gasteiger partial charge in [-0.3, -0.25) is 43.2 Å². The smallest absolute Gasteiger partial charge is 0.480 e. The summed E-state index contributed by atoms with van der Waals surface area (Å²) in [6, 6.07) is -1.69. The molecule has 786 valence electrons. The molecule has 0 aromatic carbocycles. The van der Waals surface area contributed by atoms with Crippen molar-refractivity contribution in [3.63, 3.8) is 0 Å². The molecular weight excluding hydrogens is 2230 g/mol. The van der Waals surface area contributed by atoms with Crippen LogP contribution in [0.15, 0.2) is 0 Å². The van der Waals surface area contributed by atoms with Crippen LogP contribution in [0.5, 0.6) is 0 Å². The van der Waals surface area contributed by atoms with Crippen molar-refractivity contribution in [2.45, 2.75) is 218 Å². The van der Waals surface area contributed by atoms with Crippen LogP contribution in [-0.2, 0) is 129 Å². The summed E-state index contributed by atoms with van der Waals surface area (Å²) in [6.07, 6.45) is -15.3. The van der Waals surface area contributed by atoms with E-state index >= 15 is 0 Å². The van der Waals surface area contributed by atoms with Crippen LogP contribution in [0, 0.1) is 10.8 Å². The number of ether oxygens (including phenoxy) is 14. The number of carboxylic acid groups (broad SMARTS) is 4. The molecular formula is C79H132Br6F9N7O33. The van der Waals surface area contributed by atoms with Gasteiger partial charge in [0.05, 0.1) is 70.3 Å². The molecule has 40 nitrogen and oxygen atoms in total. The second-order valence-electron chi connectivity index (χ2n) is 34.1. The third kappa shape index (κ3) is 79.6. The average Bonchev–Trinajstić information content (AvgIpc) is 0.835. The van der Waals surface area contributed by atoms with Gasteiger partial charge in [0.1, 0.15) is 102 Å². The van der Waals surface area contributed by atoms with Crippen molar-refractivity contribution in [2.24, 2.45) is 16.6 Å². The number of aliphatic carboxylic acids is 4. The van der Waals surface area contributed by atoms with Gasteiger partial charge in [0, 0.05) is 39.2 Å². The van der Waals surface area contributed by atoms with Gasteiger partial charge < -0.3 is 124 Å². The van der Waals surface area contributed by atoms with E-state index in [1.165, 1.54) is 0 Å². The number of nitrogens with zero attached hydrogens (tertiary/aromatic N) is 2. The van der Waals surface area contributed by atoms with Crippen molar-refractivity contribution in [3.05, 3.63) is 0 Å². The first-order valence-electron chi connectivity index (χ1n) is 40.2. The maximum atomic E-state index is 12.7. The first-order chi connectivity index (χ1) is 60.4. The van der Waals surface area contributed by atoms with Crippen LogP contribution in [0.1, 0.15) is 150 Å². The quantitative estimate of drug-likeness (QED) is 0.00899. The van der Waals surface area contributed by atoms with E-state index in [9.17, 15) is 97.0 Å². The number of carbonyl (C=O) groups excluding carboxylic acids is 11. The number of nitrogens with one attached hydrogen (secondary N) is 4. The van der Waals surface area contributed by atoms with E-state index in [0.29, 0.717) is 58.7 Å². The van der Waals surface area contributed by atoms with Crippen molar-refractivity contribution >= 4 is 185 Å². The van der Waals surface area contributed by atoms with Gasteiger partial charge in [-0.05, 0) is 179 Å². The first-order valence-corrected chi connectivity index (χ1v) is 44.9. The van der Waals surface area contributed by atoms with E-state index in [-0.39, 0.29) is 130 Å². The molecule has 2 atom stereocenters. The minimum atomic E-state index is -5.08. The lowest BCUT2D eigenvalue weighted by atomic mass is 9.91. The second-order valence-corrected chi connectivity index (χ2v) is 46.0. The van der Waals surface area contributed by atoms with Crippen LogP contribution in [0.25, 0.3) is 0 Å². The standard InChI is InChI=1S/C37H64Br3N3O13.C25H43Br3N2O10.C11H22N2O4.3C2HF3O2/c1-33(2,3)56-32(49)42-27(14-16-43(10)11)28(45)41-15-18-51-20-19-50-17-12-13-26(44)21-52-22-37(23-53-29(46)34(4,5)38,24-54-30(47)35(6,7)39)25-55-31(48)36(8,9)40;1-22(2,26)19(32)38-15-25(16-39-20(33)23(3,4)27,17-40-21(34)24(5,6)28)14-37-13-18(31)30-8-10-36-12-11-35-9-7-29;1-11(2,3)17-10(16)12-8(9(14)15)6-7-13(4)5;3*3-2(4,5)1(6)7/h27H,12-25H2,1-11H3,(H,41,45)(H,42,49);7-17,29H2,1-6H3,(H,30,31);8H,6-7H2,1-5H3,(H,12,16)(H,14,15);3*(H,6,7). The Morgan fingerprint density at radius 1 is 0.351 bits per heavy atom. The Labute approximate surface area is 823 Å². The van der Waals surface area contributed by atoms with Gasteiger partial charge in [-0.25, -0.2) is 28.8 Å². The molecule has 0 heterocycles. The summed E-state index contributed by atoms with van der Waals surface area (Å²) in [7, 11) is 7.43. The summed E-state index contributed by atoms with van der Waals surface area (Å²) < 4.78 is 166. The Morgan fingerprint density at radius 3 is 0.858 bits per heavy atom. The molecule has 0 saturated heterocycles. The number of carbonyl (C=O) groups is 15. The Morgan fingerprint density at radius 2 is 0.604 bits per heavy atom. The van der Waals surface area contributed by atoms with Crippen LogP contribution in [0.4, 0.5) is 49.1 Å². The van der Waals surface area contributed by atoms with Gasteiger partial charge in [0.2, 0.25) is 11.8 Å². The number of alkyl carbamates (subject to hydrolysis) is 2. The largest absolute Gasteiger partial charge is 0.490 e. The van der Waals surface area contributed by atoms with E-state index < -0.39 is 156 Å². The maximum absolute atomic E-state index is 12.7. The van der Waals surface area contributed by atoms with E-state index in [2.05, 4.69) is 117 Å². The summed E-state index contributed by atoms with van der Waals surface area (Å²) in [5.41, 5.74) is 1.36. The fraction of sp³-hybridized carbons (Fsp3) is 0.810. The molecule has 0 aliphatic carbocycles. The fourth-order valence-electron chi connectivity index (χ4n) is 7.64. The predicted molar refractivity (Wildman–Crippen MR) is 484 cm³/mol. The molecule has 0 aliphatic heterocycles. The number of nitrogens with two attached hydrogens (primary N) is 1. The van der Waals surface area contributed by atoms with Gasteiger partial charge in [0.15, 0.2) is 5.78 Å². The minimum Gasteiger partial charge on any atom is -0.480 e. The maximum Gasteiger partial charge on any atom is 0.490 e. The number of carboxylic acids is 4. The molecule has 134 heavy (non-hydrogen) atoms. The fourth-order valence-corrected chi connectivity index (χ4v) is 8.32. The molecule has 0 spiro atoms. The molecule has 0 radical (unpaired) electrons. The van der Waals surface area contributed by atoms with Gasteiger partial charge in [-0.2, -0.15) is 39.5 Å². The van der Waals surface area contributed by atoms with Crippen LogP contribution < -0.4 is 27.0 Å². The highest BCUT2D eigenvalue weighted by Gasteiger charge is 2.45. The number of alkyl halides is 15. The second kappa shape index (κ2) is 66.4. The number of Topliss-reactive ketones (excluding diaryl/α,β-unsaturated/α-hetero) is 1. The van der Waals surface area contributed by atoms with Crippen molar-refractivity contribution in [2.75, 3.05) is 180 Å². The monoisotopic (exact) mass is 2350 g/mol. The number of ketones is 1. The number of hydrogen-bond acceptors (Lipinski definition) is 32. The van der Waals surface area contributed by atoms with Crippen molar-refractivity contribution < 1.29 is 198 Å². The molecule has 0 rings (SSSR count). The van der Waals surface area contributed by atoms with E-state index in [1.807, 2.05) is 38.0 Å². The highest BCUT2D eigenvalue weighted by atomic mass is 79.9. The topological polar surface area (TPSA) is 547 Å². The number of halogens is 15. The molecule has 0 bridgehead atoms. The molecule has 10 N–H and O–H groups in total. The van der Waals surface area contributed by atoms with Crippen molar-refractivity contribution in [1.82, 2.24) is 31.1 Å². The van der Waals surface area contributed by atoms with E-state index in [0.717, 1.165) is 0 Å². The Bertz CT molecular complexity index is 3360. The lowest BCUT2D eigenvalue weighted by Gasteiger charge is -2.34. The Balaban J connectivity index is -0.000000448. The zero-order valence-electron chi connectivity index (χ0n) is 79.0. The molecule has 0 fully saturated rings. The SMILES string of the molecule is CC(C)(Br)C(=O)OCC(COCC(=O)NCCOCCOCCN)(COC(=O)C(C)(C)Br)COC(=O)C(C)(C)Br.CN(C)CCC(NC(=O)OC(C)(C)C)C(=O)NCCOCCOCCCC(=O)COCC(COC(=O)C(C)(C)Br)(COC(=O)C(C)(C)Br)COC(=O)C(C)(C)Br.CN(C)CCC(NC(=O)OC(C)(C)C)C(=O)O.O=C(O)C(F)(F)F.O=C(O)C(F)(F)F.O=C(O)C(F)(F)F. The van der Waals surface area contributed by atoms with Crippen molar-refractivity contribution in [3.8, 4) is 0 Å². The molecule has 2 unspecified atom stereocenters. The molecule has 4 amide bonds. The zero-order chi connectivity index (χ0) is 106. The van der Waals surface area contributed by atoms with Crippen LogP contribution in [0.2, 0.25) is 0 Å². The summed E-state index contributed by atoms with van der Waals surface area (Å²) >= 11 is 19.5. The molecule has 0 aromatic rings. The van der Waals surface area contributed by atoms with Crippen LogP contribution in [0.3, 0.4) is 0 Å². The third-order valence-corrected chi connectivity index (χ3v) is 16.5. The van der Waals surface area contributed by atoms with Crippen LogP contribution in [-0.4, -0.2) is 367 Å². The predicted octanol–water partition coefficient (Wildman–Crippen LogP) is 9.55. The van der Waals surface area contributed by atoms with E-state index in [1.54, 1.807) is 125 Å². The Hall–Kier alpha value is -6.26. The summed E-state index contributed by atoms with van der Waals surface area (Å²) in [5, 5.41) is 40.7. The van der Waals surface area contributed by atoms with Gasteiger partial charge in [-0.15, -0.1) is 0 Å². The molecule has 0 aliphatic rings. The third-order valence-electron chi connectivity index (χ3n) is 14.6. The Kier molecular flexibility index (Phi) is 68.6. The molecule has 0 saturated carbocycles. The highest BCUT2D eigenvalue weighted by Crippen LogP contribution is 2.31.